The van der Waals surface area contributed by atoms with Crippen LogP contribution in [0, 0.1) is 20.8 Å². The Kier molecular flexibility index (Phi) is 4.54. The minimum absolute atomic E-state index is 0.231. The van der Waals surface area contributed by atoms with Gasteiger partial charge in [-0.15, -0.1) is 16.4 Å². The first-order valence-corrected chi connectivity index (χ1v) is 8.53. The Morgan fingerprint density at radius 2 is 2.08 bits per heavy atom. The van der Waals surface area contributed by atoms with Crippen molar-refractivity contribution in [2.24, 2.45) is 0 Å². The lowest BCUT2D eigenvalue weighted by Crippen LogP contribution is -2.22. The number of methoxy groups -OCH3 is 1. The summed E-state index contributed by atoms with van der Waals surface area (Å²) in [6.45, 7) is 6.07. The topological polar surface area (TPSA) is 103 Å². The molecule has 3 rings (SSSR count). The molecule has 0 fully saturated rings. The summed E-state index contributed by atoms with van der Waals surface area (Å²) in [5.74, 6) is 0.347. The van der Waals surface area contributed by atoms with Gasteiger partial charge in [-0.2, -0.15) is 5.10 Å². The molecule has 0 saturated carbocycles. The van der Waals surface area contributed by atoms with E-state index in [1.54, 1.807) is 13.3 Å². The van der Waals surface area contributed by atoms with Crippen LogP contribution >= 0.6 is 11.3 Å². The van der Waals surface area contributed by atoms with Crippen LogP contribution in [0.3, 0.4) is 0 Å². The lowest BCUT2D eigenvalue weighted by molar-refractivity contribution is 0.0956. The number of pyridine rings is 1. The van der Waals surface area contributed by atoms with Crippen LogP contribution in [0.2, 0.25) is 0 Å². The van der Waals surface area contributed by atoms with Gasteiger partial charge < -0.3 is 15.8 Å². The fraction of sp³-hybridized carbons (Fsp3) is 0.294. The number of hydrogen-bond donors (Lipinski definition) is 2. The second kappa shape index (κ2) is 6.64. The van der Waals surface area contributed by atoms with Crippen molar-refractivity contribution in [3.63, 3.8) is 0 Å². The average molecular weight is 357 g/mol. The van der Waals surface area contributed by atoms with E-state index in [1.807, 2.05) is 26.8 Å². The highest BCUT2D eigenvalue weighted by Gasteiger charge is 2.19. The maximum absolute atomic E-state index is 12.5. The van der Waals surface area contributed by atoms with E-state index in [4.69, 9.17) is 10.5 Å². The van der Waals surface area contributed by atoms with Crippen molar-refractivity contribution in [3.05, 3.63) is 39.5 Å². The number of nitrogen functional groups attached to an aromatic ring is 1. The minimum Gasteiger partial charge on any atom is -0.481 e. The van der Waals surface area contributed by atoms with Crippen LogP contribution in [0.15, 0.2) is 12.3 Å². The third-order valence-corrected chi connectivity index (χ3v) is 5.16. The third kappa shape index (κ3) is 3.12. The van der Waals surface area contributed by atoms with Gasteiger partial charge in [-0.1, -0.05) is 0 Å². The van der Waals surface area contributed by atoms with E-state index in [2.05, 4.69) is 20.5 Å². The fourth-order valence-corrected chi connectivity index (χ4v) is 3.62. The number of fused-ring (bicyclic) bond motifs is 1. The Morgan fingerprint density at radius 1 is 1.32 bits per heavy atom. The second-order valence-electron chi connectivity index (χ2n) is 5.79. The summed E-state index contributed by atoms with van der Waals surface area (Å²) in [5.41, 5.74) is 10.2. The Labute approximate surface area is 149 Å². The largest absolute Gasteiger partial charge is 0.481 e. The zero-order valence-corrected chi connectivity index (χ0v) is 15.3. The summed E-state index contributed by atoms with van der Waals surface area (Å²) < 4.78 is 5.14. The number of nitrogens with zero attached hydrogens (tertiary/aromatic N) is 3. The van der Waals surface area contributed by atoms with Crippen molar-refractivity contribution in [2.75, 3.05) is 12.8 Å². The van der Waals surface area contributed by atoms with E-state index in [1.165, 1.54) is 11.3 Å². The molecule has 0 saturated heterocycles. The molecular weight excluding hydrogens is 338 g/mol. The van der Waals surface area contributed by atoms with E-state index < -0.39 is 0 Å². The van der Waals surface area contributed by atoms with Gasteiger partial charge >= 0.3 is 0 Å². The van der Waals surface area contributed by atoms with Gasteiger partial charge in [0.15, 0.2) is 0 Å². The molecule has 0 bridgehead atoms. The number of aryl methyl sites for hydroxylation is 3. The standard InChI is InChI=1S/C17H19N5O2S/c1-8-5-11(7-20-16(8)24-4)6-19-15(23)14-13(18)12-9(2)10(3)21-22-17(12)25-14/h5,7H,6,18H2,1-4H3,(H,19,23). The SMILES string of the molecule is COc1ncc(CNC(=O)c2sc3nnc(C)c(C)c3c2N)cc1C. The third-order valence-electron chi connectivity index (χ3n) is 4.07. The first kappa shape index (κ1) is 17.1. The molecule has 3 aromatic heterocycles. The molecule has 25 heavy (non-hydrogen) atoms. The summed E-state index contributed by atoms with van der Waals surface area (Å²) in [6, 6.07) is 1.93. The van der Waals surface area contributed by atoms with Crippen LogP contribution in [0.4, 0.5) is 5.69 Å². The highest BCUT2D eigenvalue weighted by molar-refractivity contribution is 7.21. The maximum Gasteiger partial charge on any atom is 0.263 e. The van der Waals surface area contributed by atoms with Gasteiger partial charge in [-0.05, 0) is 38.0 Å². The Morgan fingerprint density at radius 3 is 2.76 bits per heavy atom. The van der Waals surface area contributed by atoms with Crippen LogP contribution in [0.5, 0.6) is 5.88 Å². The number of carbonyl (C=O) groups is 1. The molecule has 130 valence electrons. The van der Waals surface area contributed by atoms with E-state index in [0.29, 0.717) is 27.8 Å². The highest BCUT2D eigenvalue weighted by Crippen LogP contribution is 2.34. The van der Waals surface area contributed by atoms with Gasteiger partial charge in [0, 0.05) is 23.7 Å². The number of nitrogens with two attached hydrogens (primary N) is 1. The first-order chi connectivity index (χ1) is 11.9. The summed E-state index contributed by atoms with van der Waals surface area (Å²) in [7, 11) is 1.58. The van der Waals surface area contributed by atoms with Gasteiger partial charge in [-0.25, -0.2) is 4.98 Å². The van der Waals surface area contributed by atoms with Crippen LogP contribution in [-0.4, -0.2) is 28.2 Å². The summed E-state index contributed by atoms with van der Waals surface area (Å²) in [5, 5.41) is 11.9. The summed E-state index contributed by atoms with van der Waals surface area (Å²) in [4.78, 5) is 17.9. The van der Waals surface area contributed by atoms with Crippen LogP contribution in [-0.2, 0) is 6.54 Å². The van der Waals surface area contributed by atoms with Gasteiger partial charge in [0.05, 0.1) is 18.5 Å². The normalized spacial score (nSPS) is 10.9. The molecular formula is C17H19N5O2S. The lowest BCUT2D eigenvalue weighted by atomic mass is 10.1. The number of rotatable bonds is 4. The number of hydrogen-bond acceptors (Lipinski definition) is 7. The Balaban J connectivity index is 1.82. The summed E-state index contributed by atoms with van der Waals surface area (Å²) in [6.07, 6.45) is 1.68. The monoisotopic (exact) mass is 357 g/mol. The predicted octanol–water partition coefficient (Wildman–Crippen LogP) is 2.53. The molecule has 3 heterocycles. The van der Waals surface area contributed by atoms with E-state index in [-0.39, 0.29) is 5.91 Å². The van der Waals surface area contributed by atoms with Gasteiger partial charge in [0.1, 0.15) is 9.71 Å². The number of thiophene rings is 1. The van der Waals surface area contributed by atoms with E-state index in [0.717, 1.165) is 27.8 Å². The smallest absolute Gasteiger partial charge is 0.263 e. The molecule has 7 nitrogen and oxygen atoms in total. The Bertz CT molecular complexity index is 967. The number of anilines is 1. The molecule has 0 spiro atoms. The second-order valence-corrected chi connectivity index (χ2v) is 6.79. The fourth-order valence-electron chi connectivity index (χ4n) is 2.60. The summed E-state index contributed by atoms with van der Waals surface area (Å²) >= 11 is 1.25. The maximum atomic E-state index is 12.5. The lowest BCUT2D eigenvalue weighted by Gasteiger charge is -2.07. The molecule has 0 aliphatic carbocycles. The quantitative estimate of drug-likeness (QED) is 0.744. The number of carbonyl (C=O) groups excluding carboxylic acids is 1. The molecule has 0 aliphatic heterocycles. The molecule has 0 atom stereocenters. The van der Waals surface area contributed by atoms with Gasteiger partial charge in [-0.3, -0.25) is 4.79 Å². The van der Waals surface area contributed by atoms with E-state index in [9.17, 15) is 4.79 Å². The molecule has 0 radical (unpaired) electrons. The molecule has 3 N–H and O–H groups in total. The van der Waals surface area contributed by atoms with Crippen molar-refractivity contribution >= 4 is 33.1 Å². The van der Waals surface area contributed by atoms with E-state index >= 15 is 0 Å². The van der Waals surface area contributed by atoms with Crippen LogP contribution in [0.25, 0.3) is 10.2 Å². The van der Waals surface area contributed by atoms with Crippen LogP contribution < -0.4 is 15.8 Å². The molecule has 0 unspecified atom stereocenters. The zero-order chi connectivity index (χ0) is 18.1. The number of amides is 1. The van der Waals surface area contributed by atoms with Gasteiger partial charge in [0.25, 0.3) is 5.91 Å². The molecule has 0 aromatic carbocycles. The molecule has 1 amide bonds. The van der Waals surface area contributed by atoms with Crippen molar-refractivity contribution in [1.82, 2.24) is 20.5 Å². The molecule has 8 heteroatoms. The number of aromatic nitrogens is 3. The minimum atomic E-state index is -0.231. The van der Waals surface area contributed by atoms with Crippen molar-refractivity contribution in [1.29, 1.82) is 0 Å². The molecule has 0 aliphatic rings. The number of ether oxygens (including phenoxy) is 1. The first-order valence-electron chi connectivity index (χ1n) is 7.72. The van der Waals surface area contributed by atoms with Crippen molar-refractivity contribution in [3.8, 4) is 5.88 Å². The van der Waals surface area contributed by atoms with Crippen LogP contribution in [0.1, 0.15) is 32.1 Å². The molecule has 3 aromatic rings. The number of nitrogens with one attached hydrogen (secondary N) is 1. The van der Waals surface area contributed by atoms with Crippen molar-refractivity contribution in [2.45, 2.75) is 27.3 Å². The van der Waals surface area contributed by atoms with Gasteiger partial charge in [0.2, 0.25) is 5.88 Å². The highest BCUT2D eigenvalue weighted by atomic mass is 32.1. The predicted molar refractivity (Wildman–Crippen MR) is 98.0 cm³/mol. The van der Waals surface area contributed by atoms with Crippen molar-refractivity contribution < 1.29 is 9.53 Å². The zero-order valence-electron chi connectivity index (χ0n) is 14.5. The Hall–Kier alpha value is -2.74. The average Bonchev–Trinajstić information content (AvgIpc) is 2.93.